The minimum absolute atomic E-state index is 0.440. The molecule has 2 aromatic heterocycles. The van der Waals surface area contributed by atoms with Gasteiger partial charge in [0.25, 0.3) is 0 Å². The van der Waals surface area contributed by atoms with Crippen LogP contribution in [0.25, 0.3) is 16.7 Å². The van der Waals surface area contributed by atoms with Crippen LogP contribution in [0.3, 0.4) is 0 Å². The van der Waals surface area contributed by atoms with Gasteiger partial charge in [0.1, 0.15) is 5.75 Å². The van der Waals surface area contributed by atoms with E-state index in [4.69, 9.17) is 10.5 Å². The lowest BCUT2D eigenvalue weighted by atomic mass is 10.1. The first-order valence-electron chi connectivity index (χ1n) is 7.40. The highest BCUT2D eigenvalue weighted by Crippen LogP contribution is 2.25. The maximum Gasteiger partial charge on any atom is 0.180 e. The Morgan fingerprint density at radius 3 is 2.74 bits per heavy atom. The van der Waals surface area contributed by atoms with E-state index in [0.29, 0.717) is 17.9 Å². The zero-order valence-electron chi connectivity index (χ0n) is 12.7. The van der Waals surface area contributed by atoms with Crippen LogP contribution >= 0.6 is 0 Å². The van der Waals surface area contributed by atoms with E-state index in [9.17, 15) is 0 Å². The molecular formula is C18H16N4O. The van der Waals surface area contributed by atoms with Crippen molar-refractivity contribution in [3.8, 4) is 5.75 Å². The van der Waals surface area contributed by atoms with Crippen LogP contribution in [-0.4, -0.2) is 21.5 Å². The molecule has 5 nitrogen and oxygen atoms in total. The third-order valence-corrected chi connectivity index (χ3v) is 3.99. The summed E-state index contributed by atoms with van der Waals surface area (Å²) >= 11 is 0. The van der Waals surface area contributed by atoms with Crippen molar-refractivity contribution in [1.82, 2.24) is 14.4 Å². The first-order valence-corrected chi connectivity index (χ1v) is 7.40. The molecule has 5 heteroatoms. The highest BCUT2D eigenvalue weighted by Gasteiger charge is 2.13. The average molecular weight is 304 g/mol. The normalized spacial score (nSPS) is 11.2. The Labute approximate surface area is 133 Å². The molecule has 2 aromatic carbocycles. The Hall–Kier alpha value is -3.08. The summed E-state index contributed by atoms with van der Waals surface area (Å²) in [6.07, 6.45) is 2.56. The van der Waals surface area contributed by atoms with Gasteiger partial charge in [-0.3, -0.25) is 4.40 Å². The SMILES string of the molecule is COc1ccccc1Cc1cnc2c(N)nc3ccccc3n12. The minimum Gasteiger partial charge on any atom is -0.496 e. The fourth-order valence-electron chi connectivity index (χ4n) is 2.93. The van der Waals surface area contributed by atoms with Crippen LogP contribution < -0.4 is 10.5 Å². The Morgan fingerprint density at radius 2 is 1.87 bits per heavy atom. The summed E-state index contributed by atoms with van der Waals surface area (Å²) < 4.78 is 7.52. The number of ether oxygens (including phenoxy) is 1. The van der Waals surface area contributed by atoms with Crippen molar-refractivity contribution in [3.05, 3.63) is 66.0 Å². The van der Waals surface area contributed by atoms with Crippen molar-refractivity contribution in [3.63, 3.8) is 0 Å². The molecule has 0 saturated carbocycles. The Morgan fingerprint density at radius 1 is 1.09 bits per heavy atom. The van der Waals surface area contributed by atoms with E-state index in [2.05, 4.69) is 20.4 Å². The van der Waals surface area contributed by atoms with E-state index in [-0.39, 0.29) is 0 Å². The number of para-hydroxylation sites is 3. The number of fused-ring (bicyclic) bond motifs is 3. The molecule has 4 aromatic rings. The largest absolute Gasteiger partial charge is 0.496 e. The zero-order valence-corrected chi connectivity index (χ0v) is 12.7. The molecule has 0 fully saturated rings. The maximum atomic E-state index is 6.07. The van der Waals surface area contributed by atoms with Gasteiger partial charge in [0.2, 0.25) is 0 Å². The number of benzene rings is 2. The van der Waals surface area contributed by atoms with Gasteiger partial charge in [-0.25, -0.2) is 9.97 Å². The van der Waals surface area contributed by atoms with Crippen molar-refractivity contribution in [2.24, 2.45) is 0 Å². The summed E-state index contributed by atoms with van der Waals surface area (Å²) in [5, 5.41) is 0. The first kappa shape index (κ1) is 13.6. The quantitative estimate of drug-likeness (QED) is 0.632. The van der Waals surface area contributed by atoms with Crippen molar-refractivity contribution in [1.29, 1.82) is 0 Å². The van der Waals surface area contributed by atoms with Crippen LogP contribution in [0.2, 0.25) is 0 Å². The number of anilines is 1. The van der Waals surface area contributed by atoms with E-state index < -0.39 is 0 Å². The lowest BCUT2D eigenvalue weighted by molar-refractivity contribution is 0.410. The molecule has 0 spiro atoms. The first-order chi connectivity index (χ1) is 11.3. The summed E-state index contributed by atoms with van der Waals surface area (Å²) in [6.45, 7) is 0. The molecular weight excluding hydrogens is 288 g/mol. The monoisotopic (exact) mass is 304 g/mol. The van der Waals surface area contributed by atoms with Gasteiger partial charge in [0.15, 0.2) is 11.5 Å². The highest BCUT2D eigenvalue weighted by atomic mass is 16.5. The smallest absolute Gasteiger partial charge is 0.180 e. The zero-order chi connectivity index (χ0) is 15.8. The number of hydrogen-bond donors (Lipinski definition) is 1. The second-order valence-corrected chi connectivity index (χ2v) is 5.38. The van der Waals surface area contributed by atoms with E-state index >= 15 is 0 Å². The Kier molecular flexibility index (Phi) is 3.12. The Balaban J connectivity index is 1.94. The molecule has 0 radical (unpaired) electrons. The van der Waals surface area contributed by atoms with Crippen LogP contribution in [0, 0.1) is 0 Å². The van der Waals surface area contributed by atoms with E-state index in [1.807, 2.05) is 48.7 Å². The van der Waals surface area contributed by atoms with Crippen LogP contribution in [-0.2, 0) is 6.42 Å². The molecule has 0 aliphatic heterocycles. The van der Waals surface area contributed by atoms with Gasteiger partial charge in [-0.05, 0) is 18.2 Å². The van der Waals surface area contributed by atoms with Gasteiger partial charge in [-0.15, -0.1) is 0 Å². The highest BCUT2D eigenvalue weighted by molar-refractivity contribution is 5.82. The summed E-state index contributed by atoms with van der Waals surface area (Å²) in [5.41, 5.74) is 10.8. The second kappa shape index (κ2) is 5.28. The topological polar surface area (TPSA) is 65.4 Å². The summed E-state index contributed by atoms with van der Waals surface area (Å²) in [4.78, 5) is 8.88. The molecule has 0 aliphatic rings. The fraction of sp³-hybridized carbons (Fsp3) is 0.111. The molecule has 2 heterocycles. The van der Waals surface area contributed by atoms with E-state index in [1.54, 1.807) is 7.11 Å². The van der Waals surface area contributed by atoms with Crippen LogP contribution in [0.1, 0.15) is 11.3 Å². The molecule has 0 bridgehead atoms. The van der Waals surface area contributed by atoms with Gasteiger partial charge in [0, 0.05) is 23.9 Å². The van der Waals surface area contributed by atoms with Gasteiger partial charge in [0.05, 0.1) is 18.1 Å². The third-order valence-electron chi connectivity index (χ3n) is 3.99. The van der Waals surface area contributed by atoms with Crippen molar-refractivity contribution in [2.75, 3.05) is 12.8 Å². The average Bonchev–Trinajstić information content (AvgIpc) is 3.00. The number of aromatic nitrogens is 3. The van der Waals surface area contributed by atoms with Gasteiger partial charge < -0.3 is 10.5 Å². The minimum atomic E-state index is 0.440. The predicted molar refractivity (Wildman–Crippen MR) is 90.7 cm³/mol. The lowest BCUT2D eigenvalue weighted by Crippen LogP contribution is -2.02. The molecule has 0 amide bonds. The van der Waals surface area contributed by atoms with E-state index in [1.165, 1.54) is 0 Å². The summed E-state index contributed by atoms with van der Waals surface area (Å²) in [5.74, 6) is 1.31. The molecule has 23 heavy (non-hydrogen) atoms. The third kappa shape index (κ3) is 2.17. The predicted octanol–water partition coefficient (Wildman–Crippen LogP) is 3.06. The number of nitrogens with two attached hydrogens (primary N) is 1. The van der Waals surface area contributed by atoms with Crippen molar-refractivity contribution < 1.29 is 4.74 Å². The van der Waals surface area contributed by atoms with Gasteiger partial charge in [-0.2, -0.15) is 0 Å². The number of hydrogen-bond acceptors (Lipinski definition) is 4. The standard InChI is InChI=1S/C18H16N4O/c1-23-16-9-5-2-6-12(16)10-13-11-20-18-17(19)21-14-7-3-4-8-15(14)22(13)18/h2-9,11H,10H2,1H3,(H2,19,21). The summed E-state index contributed by atoms with van der Waals surface area (Å²) in [6, 6.07) is 15.9. The number of nitrogens with zero attached hydrogens (tertiary/aromatic N) is 3. The molecule has 2 N–H and O–H groups in total. The molecule has 0 unspecified atom stereocenters. The van der Waals surface area contributed by atoms with Crippen LogP contribution in [0.15, 0.2) is 54.7 Å². The van der Waals surface area contributed by atoms with Crippen molar-refractivity contribution >= 4 is 22.5 Å². The van der Waals surface area contributed by atoms with E-state index in [0.717, 1.165) is 28.0 Å². The maximum absolute atomic E-state index is 6.07. The molecule has 0 atom stereocenters. The molecule has 0 saturated heterocycles. The molecule has 0 aliphatic carbocycles. The lowest BCUT2D eigenvalue weighted by Gasteiger charge is -2.10. The van der Waals surface area contributed by atoms with Crippen molar-refractivity contribution in [2.45, 2.75) is 6.42 Å². The number of nitrogen functional groups attached to an aromatic ring is 1. The molecule has 114 valence electrons. The van der Waals surface area contributed by atoms with Gasteiger partial charge >= 0.3 is 0 Å². The second-order valence-electron chi connectivity index (χ2n) is 5.38. The number of rotatable bonds is 3. The number of imidazole rings is 1. The Bertz CT molecular complexity index is 1010. The van der Waals surface area contributed by atoms with Crippen LogP contribution in [0.4, 0.5) is 5.82 Å². The van der Waals surface area contributed by atoms with Crippen LogP contribution in [0.5, 0.6) is 5.75 Å². The van der Waals surface area contributed by atoms with Gasteiger partial charge in [-0.1, -0.05) is 30.3 Å². The summed E-state index contributed by atoms with van der Waals surface area (Å²) in [7, 11) is 1.69. The fourth-order valence-corrected chi connectivity index (χ4v) is 2.93. The number of methoxy groups -OCH3 is 1. The molecule has 4 rings (SSSR count).